The van der Waals surface area contributed by atoms with Gasteiger partial charge in [0.25, 0.3) is 0 Å². The van der Waals surface area contributed by atoms with Crippen molar-refractivity contribution in [3.63, 3.8) is 0 Å². The van der Waals surface area contributed by atoms with Gasteiger partial charge in [-0.05, 0) is 25.1 Å². The molecular formula is C14H21NO4S2. The Balaban J connectivity index is 2.26. The Bertz CT molecular complexity index is 668. The molecule has 21 heavy (non-hydrogen) atoms. The van der Waals surface area contributed by atoms with Crippen LogP contribution >= 0.6 is 0 Å². The fourth-order valence-corrected chi connectivity index (χ4v) is 7.30. The first-order valence-corrected chi connectivity index (χ1v) is 10.5. The second-order valence-electron chi connectivity index (χ2n) is 5.39. The van der Waals surface area contributed by atoms with Crippen molar-refractivity contribution in [1.29, 1.82) is 0 Å². The standard InChI is InChI=1S/C14H21NO4S2/c1-2-3-9-15-13-10-20(16,17)11-14(13)21(18,19)12-7-5-4-6-8-12/h4-8,13-15H,2-3,9-11H2,1H3/t13-,14-/m0/s1. The zero-order valence-electron chi connectivity index (χ0n) is 12.0. The van der Waals surface area contributed by atoms with Gasteiger partial charge in [-0.25, -0.2) is 16.8 Å². The van der Waals surface area contributed by atoms with Crippen LogP contribution in [0.2, 0.25) is 0 Å². The molecule has 0 unspecified atom stereocenters. The van der Waals surface area contributed by atoms with Gasteiger partial charge in [0.1, 0.15) is 0 Å². The Morgan fingerprint density at radius 2 is 1.86 bits per heavy atom. The summed E-state index contributed by atoms with van der Waals surface area (Å²) in [4.78, 5) is 0.189. The summed E-state index contributed by atoms with van der Waals surface area (Å²) in [6.07, 6.45) is 1.87. The van der Waals surface area contributed by atoms with Gasteiger partial charge in [-0.3, -0.25) is 0 Å². The van der Waals surface area contributed by atoms with E-state index >= 15 is 0 Å². The molecular weight excluding hydrogens is 310 g/mol. The van der Waals surface area contributed by atoms with Crippen LogP contribution in [0.4, 0.5) is 0 Å². The molecule has 0 radical (unpaired) electrons. The number of unbranched alkanes of at least 4 members (excludes halogenated alkanes) is 1. The SMILES string of the molecule is CCCCN[C@H]1CS(=O)(=O)C[C@@H]1S(=O)(=O)c1ccccc1. The van der Waals surface area contributed by atoms with E-state index in [1.165, 1.54) is 12.1 Å². The minimum absolute atomic E-state index is 0.104. The van der Waals surface area contributed by atoms with E-state index in [1.807, 2.05) is 6.92 Å². The van der Waals surface area contributed by atoms with E-state index < -0.39 is 31.0 Å². The average molecular weight is 331 g/mol. The van der Waals surface area contributed by atoms with E-state index in [9.17, 15) is 16.8 Å². The Morgan fingerprint density at radius 1 is 1.19 bits per heavy atom. The maximum Gasteiger partial charge on any atom is 0.183 e. The van der Waals surface area contributed by atoms with Crippen molar-refractivity contribution in [2.45, 2.75) is 36.0 Å². The third-order valence-electron chi connectivity index (χ3n) is 3.71. The molecule has 0 saturated carbocycles. The lowest BCUT2D eigenvalue weighted by atomic mass is 10.2. The molecule has 1 aliphatic heterocycles. The quantitative estimate of drug-likeness (QED) is 0.787. The number of hydrogen-bond acceptors (Lipinski definition) is 5. The molecule has 0 amide bonds. The Morgan fingerprint density at radius 3 is 2.48 bits per heavy atom. The van der Waals surface area contributed by atoms with Crippen molar-refractivity contribution in [3.8, 4) is 0 Å². The molecule has 118 valence electrons. The van der Waals surface area contributed by atoms with Crippen molar-refractivity contribution < 1.29 is 16.8 Å². The molecule has 0 spiro atoms. The summed E-state index contributed by atoms with van der Waals surface area (Å²) in [6.45, 7) is 2.67. The van der Waals surface area contributed by atoms with Crippen molar-refractivity contribution in [2.24, 2.45) is 0 Å². The van der Waals surface area contributed by atoms with Crippen LogP contribution in [0.25, 0.3) is 0 Å². The minimum atomic E-state index is -3.64. The molecule has 7 heteroatoms. The van der Waals surface area contributed by atoms with Gasteiger partial charge in [0.05, 0.1) is 21.7 Å². The zero-order chi connectivity index (χ0) is 15.5. The Hall–Kier alpha value is -0.920. The lowest BCUT2D eigenvalue weighted by Gasteiger charge is -2.19. The highest BCUT2D eigenvalue weighted by Gasteiger charge is 2.45. The number of benzene rings is 1. The molecule has 0 bridgehead atoms. The van der Waals surface area contributed by atoms with Gasteiger partial charge in [-0.15, -0.1) is 0 Å². The monoisotopic (exact) mass is 331 g/mol. The first-order valence-electron chi connectivity index (χ1n) is 7.09. The Kier molecular flexibility index (Phi) is 5.06. The zero-order valence-corrected chi connectivity index (χ0v) is 13.7. The van der Waals surface area contributed by atoms with Crippen LogP contribution in [0.1, 0.15) is 19.8 Å². The lowest BCUT2D eigenvalue weighted by molar-refractivity contribution is 0.518. The maximum atomic E-state index is 12.7. The third-order valence-corrected chi connectivity index (χ3v) is 7.87. The maximum absolute atomic E-state index is 12.7. The lowest BCUT2D eigenvalue weighted by Crippen LogP contribution is -2.43. The topological polar surface area (TPSA) is 80.3 Å². The number of hydrogen-bond donors (Lipinski definition) is 1. The van der Waals surface area contributed by atoms with Crippen LogP contribution < -0.4 is 5.32 Å². The smallest absolute Gasteiger partial charge is 0.183 e. The molecule has 1 N–H and O–H groups in total. The van der Waals surface area contributed by atoms with Gasteiger partial charge in [-0.2, -0.15) is 0 Å². The van der Waals surface area contributed by atoms with Crippen LogP contribution in [-0.4, -0.2) is 46.2 Å². The van der Waals surface area contributed by atoms with Gasteiger partial charge in [-0.1, -0.05) is 31.5 Å². The molecule has 1 aromatic rings. The highest BCUT2D eigenvalue weighted by Crippen LogP contribution is 2.25. The molecule has 0 aliphatic carbocycles. The van der Waals surface area contributed by atoms with E-state index in [1.54, 1.807) is 18.2 Å². The van der Waals surface area contributed by atoms with Gasteiger partial charge >= 0.3 is 0 Å². The highest BCUT2D eigenvalue weighted by atomic mass is 32.2. The third kappa shape index (κ3) is 3.84. The summed E-state index contributed by atoms with van der Waals surface area (Å²) in [7, 11) is -6.95. The number of nitrogens with one attached hydrogen (secondary N) is 1. The number of sulfone groups is 2. The summed E-state index contributed by atoms with van der Waals surface area (Å²) in [6, 6.07) is 7.55. The van der Waals surface area contributed by atoms with Crippen LogP contribution in [0.3, 0.4) is 0 Å². The highest BCUT2D eigenvalue weighted by molar-refractivity contribution is 7.96. The number of rotatable bonds is 6. The summed E-state index contributed by atoms with van der Waals surface area (Å²) in [5.41, 5.74) is 0. The molecule has 0 aromatic heterocycles. The van der Waals surface area contributed by atoms with Crippen molar-refractivity contribution in [2.75, 3.05) is 18.1 Å². The van der Waals surface area contributed by atoms with E-state index in [0.29, 0.717) is 6.54 Å². The average Bonchev–Trinajstić information content (AvgIpc) is 2.76. The van der Waals surface area contributed by atoms with Gasteiger partial charge in [0.2, 0.25) is 0 Å². The molecule has 1 aliphatic rings. The summed E-state index contributed by atoms with van der Waals surface area (Å²) in [5.74, 6) is -0.401. The summed E-state index contributed by atoms with van der Waals surface area (Å²) >= 11 is 0. The van der Waals surface area contributed by atoms with Crippen molar-refractivity contribution >= 4 is 19.7 Å². The predicted molar refractivity (Wildman–Crippen MR) is 82.8 cm³/mol. The van der Waals surface area contributed by atoms with Gasteiger partial charge in [0, 0.05) is 6.04 Å². The molecule has 1 aromatic carbocycles. The molecule has 5 nitrogen and oxygen atoms in total. The van der Waals surface area contributed by atoms with Gasteiger partial charge < -0.3 is 5.32 Å². The molecule has 2 rings (SSSR count). The molecule has 1 saturated heterocycles. The van der Waals surface area contributed by atoms with Crippen LogP contribution in [-0.2, 0) is 19.7 Å². The second kappa shape index (κ2) is 6.46. The van der Waals surface area contributed by atoms with E-state index in [0.717, 1.165) is 12.8 Å². The Labute approximate surface area is 126 Å². The minimum Gasteiger partial charge on any atom is -0.312 e. The predicted octanol–water partition coefficient (Wildman–Crippen LogP) is 1.02. The van der Waals surface area contributed by atoms with E-state index in [-0.39, 0.29) is 16.4 Å². The first-order chi connectivity index (χ1) is 9.87. The second-order valence-corrected chi connectivity index (χ2v) is 9.71. The van der Waals surface area contributed by atoms with Crippen LogP contribution in [0.15, 0.2) is 35.2 Å². The molecule has 2 atom stereocenters. The summed E-state index contributed by atoms with van der Waals surface area (Å²) < 4.78 is 49.0. The van der Waals surface area contributed by atoms with E-state index in [2.05, 4.69) is 5.32 Å². The molecule has 1 heterocycles. The van der Waals surface area contributed by atoms with Crippen LogP contribution in [0, 0.1) is 0 Å². The first kappa shape index (κ1) is 16.5. The molecule has 1 fully saturated rings. The summed E-state index contributed by atoms with van der Waals surface area (Å²) in [5, 5.41) is 2.20. The van der Waals surface area contributed by atoms with E-state index in [4.69, 9.17) is 0 Å². The van der Waals surface area contributed by atoms with Crippen molar-refractivity contribution in [1.82, 2.24) is 5.32 Å². The fourth-order valence-electron chi connectivity index (χ4n) is 2.56. The fraction of sp³-hybridized carbons (Fsp3) is 0.571. The largest absolute Gasteiger partial charge is 0.312 e. The van der Waals surface area contributed by atoms with Crippen LogP contribution in [0.5, 0.6) is 0 Å². The van der Waals surface area contributed by atoms with Crippen molar-refractivity contribution in [3.05, 3.63) is 30.3 Å². The normalized spacial score (nSPS) is 25.0. The van der Waals surface area contributed by atoms with Gasteiger partial charge in [0.15, 0.2) is 19.7 Å².